The molecule has 6 heterocycles. The highest BCUT2D eigenvalue weighted by Crippen LogP contribution is 2.40. The van der Waals surface area contributed by atoms with E-state index in [1.54, 1.807) is 28.6 Å². The minimum Gasteiger partial charge on any atom is -0.393 e. The van der Waals surface area contributed by atoms with Gasteiger partial charge >= 0.3 is 6.07 Å². The highest BCUT2D eigenvalue weighted by molar-refractivity contribution is 5.70. The number of ether oxygens (including phenoxy) is 1. The summed E-state index contributed by atoms with van der Waals surface area (Å²) in [5.41, 5.74) is 8.27. The summed E-state index contributed by atoms with van der Waals surface area (Å²) >= 11 is 0. The molecule has 2 atom stereocenters. The second-order valence-corrected chi connectivity index (χ2v) is 20.3. The molecule has 0 amide bonds. The zero-order valence-electron chi connectivity index (χ0n) is 42.7. The summed E-state index contributed by atoms with van der Waals surface area (Å²) in [6.07, 6.45) is 10.7. The predicted molar refractivity (Wildman–Crippen MR) is 287 cm³/mol. The molecule has 8 aromatic rings. The van der Waals surface area contributed by atoms with Crippen molar-refractivity contribution in [2.75, 3.05) is 17.7 Å². The number of aliphatic hydroxyl groups excluding tert-OH is 2. The van der Waals surface area contributed by atoms with Crippen LogP contribution in [0.2, 0.25) is 0 Å². The van der Waals surface area contributed by atoms with Gasteiger partial charge in [0.15, 0.2) is 0 Å². The van der Waals surface area contributed by atoms with Crippen LogP contribution in [0.15, 0.2) is 109 Å². The number of pyridine rings is 2. The highest BCUT2D eigenvalue weighted by atomic mass is 16.5. The van der Waals surface area contributed by atoms with Crippen molar-refractivity contribution in [1.29, 1.82) is 5.26 Å². The molecule has 0 spiro atoms. The Kier molecular flexibility index (Phi) is 15.0. The fourth-order valence-electron chi connectivity index (χ4n) is 10.4. The fraction of sp³-hybridized carbons (Fsp3) is 0.368. The largest absolute Gasteiger partial charge is 0.393 e. The summed E-state index contributed by atoms with van der Waals surface area (Å²) in [6.45, 7) is 1.15. The number of nitrogens with one attached hydrogen (secondary N) is 2. The Labute approximate surface area is 445 Å². The molecule has 0 radical (unpaired) electrons. The molecule has 3 aliphatic carbocycles. The molecule has 5 N–H and O–H groups in total. The van der Waals surface area contributed by atoms with Crippen LogP contribution in [0.1, 0.15) is 105 Å². The molecule has 20 heteroatoms. The average Bonchev–Trinajstić information content (AvgIpc) is 4.23. The molecule has 2 unspecified atom stereocenters. The number of hydrogen-bond acceptors (Lipinski definition) is 17. The molecule has 6 aromatic heterocycles. The molecule has 390 valence electrons. The number of hydrogen-bond donors (Lipinski definition) is 5. The van der Waals surface area contributed by atoms with Gasteiger partial charge in [-0.15, -0.1) is 10.2 Å². The Morgan fingerprint density at radius 2 is 1.13 bits per heavy atom. The van der Waals surface area contributed by atoms with E-state index in [0.29, 0.717) is 128 Å². The van der Waals surface area contributed by atoms with Crippen LogP contribution in [0.25, 0.3) is 50.1 Å². The number of methoxy groups -OCH3 is 1. The summed E-state index contributed by atoms with van der Waals surface area (Å²) in [5, 5.41) is 66.8. The Morgan fingerprint density at radius 3 is 1.71 bits per heavy atom. The van der Waals surface area contributed by atoms with E-state index in [1.807, 2.05) is 97.3 Å². The van der Waals surface area contributed by atoms with Crippen molar-refractivity contribution in [3.05, 3.63) is 148 Å². The van der Waals surface area contributed by atoms with Gasteiger partial charge in [0, 0.05) is 36.7 Å². The number of nitriles is 1. The van der Waals surface area contributed by atoms with E-state index < -0.39 is 5.60 Å². The van der Waals surface area contributed by atoms with Gasteiger partial charge in [0.05, 0.1) is 108 Å². The van der Waals surface area contributed by atoms with Gasteiger partial charge in [-0.05, 0) is 118 Å². The van der Waals surface area contributed by atoms with Crippen LogP contribution in [0.3, 0.4) is 0 Å². The van der Waals surface area contributed by atoms with Crippen LogP contribution in [-0.4, -0.2) is 113 Å². The van der Waals surface area contributed by atoms with Crippen LogP contribution in [-0.2, 0) is 30.0 Å². The zero-order chi connectivity index (χ0) is 52.7. The topological polar surface area (TPSA) is 261 Å². The Hall–Kier alpha value is -8.40. The molecule has 20 nitrogen and oxygen atoms in total. The maximum Gasteiger partial charge on any atom is 0.311 e. The van der Waals surface area contributed by atoms with E-state index in [9.17, 15) is 20.6 Å². The molecule has 11 rings (SSSR count). The summed E-state index contributed by atoms with van der Waals surface area (Å²) in [4.78, 5) is 34.0. The van der Waals surface area contributed by atoms with Gasteiger partial charge in [0.1, 0.15) is 22.6 Å². The Morgan fingerprint density at radius 1 is 0.610 bits per heavy atom. The van der Waals surface area contributed by atoms with Crippen molar-refractivity contribution >= 4 is 11.9 Å². The Bertz CT molecular complexity index is 3480. The minimum absolute atomic E-state index is 0.115. The van der Waals surface area contributed by atoms with Crippen LogP contribution in [0.5, 0.6) is 0 Å². The van der Waals surface area contributed by atoms with Gasteiger partial charge in [0.25, 0.3) is 6.04 Å². The third-order valence-electron chi connectivity index (χ3n) is 14.5. The molecule has 0 bridgehead atoms. The van der Waals surface area contributed by atoms with E-state index in [4.69, 9.17) is 34.5 Å². The lowest BCUT2D eigenvalue weighted by atomic mass is 9.93. The summed E-state index contributed by atoms with van der Waals surface area (Å²) in [7, 11) is 1.65. The quantitative estimate of drug-likeness (QED) is 0.0663. The highest BCUT2D eigenvalue weighted by Gasteiger charge is 2.45. The molecular formula is C57H59N16O4+. The smallest absolute Gasteiger partial charge is 0.311 e. The third kappa shape index (κ3) is 12.5. The van der Waals surface area contributed by atoms with E-state index >= 15 is 0 Å². The second kappa shape index (κ2) is 22.8. The number of aromatic nitrogens is 12. The lowest BCUT2D eigenvalue weighted by Gasteiger charge is -2.26. The molecule has 3 aliphatic rings. The lowest BCUT2D eigenvalue weighted by Crippen LogP contribution is -2.29. The van der Waals surface area contributed by atoms with Crippen molar-refractivity contribution in [2.45, 2.75) is 126 Å². The molecule has 3 fully saturated rings. The number of nitrogens with zero attached hydrogens (tertiary/aromatic N) is 14. The fourth-order valence-corrected chi connectivity index (χ4v) is 10.4. The van der Waals surface area contributed by atoms with Crippen molar-refractivity contribution in [2.24, 2.45) is 0 Å². The summed E-state index contributed by atoms with van der Waals surface area (Å²) in [6, 6.07) is 35.9. The van der Waals surface area contributed by atoms with Crippen molar-refractivity contribution < 1.29 is 20.1 Å². The molecule has 3 saturated carbocycles. The van der Waals surface area contributed by atoms with Crippen molar-refractivity contribution in [3.63, 3.8) is 0 Å². The van der Waals surface area contributed by atoms with Gasteiger partial charge < -0.3 is 30.7 Å². The van der Waals surface area contributed by atoms with Crippen LogP contribution in [0, 0.1) is 17.4 Å². The average molecular weight is 1030 g/mol. The van der Waals surface area contributed by atoms with Crippen LogP contribution < -0.4 is 10.6 Å². The van der Waals surface area contributed by atoms with Crippen LogP contribution >= 0.6 is 0 Å². The lowest BCUT2D eigenvalue weighted by molar-refractivity contribution is 0.0393. The standard InChI is InChI=1S/C57H59N16O4/c1-77-35-45-12-4-10-43(60-45)31-72-33-52(68-70-72)51-27-49(65-56(67-51)63-41-16-20-47(75)21-17-41)39-9-3-7-37(25-39)30-59-42-22-23-57(76,28-42)54-13-5-11-44(61-54)32-73-34-53(69-71-73)50-26-48(38-8-2-6-36(24-38)29-58)64-55(66-50)62-40-14-18-46(74)19-15-40/h2-13,24-27,33-34,40-42,46-47,74-76H,14-23,28,31-32,35H2,1H3,(H,62,64,66)(H,63,65,67)/q+1. The van der Waals surface area contributed by atoms with E-state index in [1.165, 1.54) is 0 Å². The first-order valence-electron chi connectivity index (χ1n) is 26.3. The summed E-state index contributed by atoms with van der Waals surface area (Å²) < 4.78 is 8.70. The first kappa shape index (κ1) is 50.7. The van der Waals surface area contributed by atoms with Gasteiger partial charge in [0.2, 0.25) is 11.9 Å². The van der Waals surface area contributed by atoms with E-state index in [0.717, 1.165) is 53.8 Å². The van der Waals surface area contributed by atoms with Crippen LogP contribution in [0.4, 0.5) is 11.9 Å². The zero-order valence-corrected chi connectivity index (χ0v) is 42.7. The van der Waals surface area contributed by atoms with Gasteiger partial charge in [-0.3, -0.25) is 9.97 Å². The number of aliphatic hydroxyl groups is 3. The summed E-state index contributed by atoms with van der Waals surface area (Å²) in [5.74, 6) is 0.909. The first-order valence-corrected chi connectivity index (χ1v) is 26.3. The maximum absolute atomic E-state index is 12.1. The van der Waals surface area contributed by atoms with Gasteiger partial charge in [-0.2, -0.15) is 5.26 Å². The van der Waals surface area contributed by atoms with Gasteiger partial charge in [-0.1, -0.05) is 51.7 Å². The number of anilines is 2. The normalized spacial score (nSPS) is 21.2. The van der Waals surface area contributed by atoms with E-state index in [2.05, 4.69) is 48.4 Å². The first-order chi connectivity index (χ1) is 37.6. The predicted octanol–water partition coefficient (Wildman–Crippen LogP) is 7.57. The maximum atomic E-state index is 12.1. The Balaban J connectivity index is 0.780. The molecule has 2 aromatic carbocycles. The SMILES string of the molecule is COCc1cccc(Cn2cc(-c3cc(-c4cccc(C#[N+]C5CCC(O)(c6cccc(Cn7cc(-c8cc(-c9cccc(C#N)c9)nc(NC9CCC(O)CC9)n8)nn7)n6)C5)c4)nc(NC4CCC(O)CC4)n3)nn2)n1. The van der Waals surface area contributed by atoms with Crippen molar-refractivity contribution in [1.82, 2.24) is 59.9 Å². The molecule has 0 aliphatic heterocycles. The van der Waals surface area contributed by atoms with Crippen molar-refractivity contribution in [3.8, 4) is 57.4 Å². The molecule has 77 heavy (non-hydrogen) atoms. The number of benzene rings is 2. The molecular weight excluding hydrogens is 973 g/mol. The number of rotatable bonds is 15. The third-order valence-corrected chi connectivity index (χ3v) is 14.5. The molecule has 0 saturated heterocycles. The minimum atomic E-state index is -1.19. The second-order valence-electron chi connectivity index (χ2n) is 20.3. The van der Waals surface area contributed by atoms with E-state index in [-0.39, 0.29) is 30.3 Å². The monoisotopic (exact) mass is 1030 g/mol. The van der Waals surface area contributed by atoms with Gasteiger partial charge in [-0.25, -0.2) is 29.3 Å².